The smallest absolute Gasteiger partial charge is 0.363 e. The Morgan fingerprint density at radius 1 is 1.27 bits per heavy atom. The molecule has 0 spiro atoms. The standard InChI is InChI=1S/C15H10N2O5/c1-9-11(5-2-6-13(9)17(19)20)14-16-12(15(18)22-14)8-10-4-3-7-21-10/h2-8H,1H3. The van der Waals surface area contributed by atoms with Gasteiger partial charge in [0.2, 0.25) is 5.90 Å². The molecule has 0 N–H and O–H groups in total. The van der Waals surface area contributed by atoms with Gasteiger partial charge >= 0.3 is 5.97 Å². The van der Waals surface area contributed by atoms with Crippen molar-refractivity contribution in [2.75, 3.05) is 0 Å². The summed E-state index contributed by atoms with van der Waals surface area (Å²) < 4.78 is 10.2. The summed E-state index contributed by atoms with van der Waals surface area (Å²) in [6.07, 6.45) is 2.92. The zero-order chi connectivity index (χ0) is 15.7. The van der Waals surface area contributed by atoms with E-state index in [1.807, 2.05) is 0 Å². The molecule has 1 aliphatic rings. The number of carbonyl (C=O) groups excluding carboxylic acids is 1. The predicted octanol–water partition coefficient (Wildman–Crippen LogP) is 2.84. The van der Waals surface area contributed by atoms with Crippen LogP contribution < -0.4 is 0 Å². The molecule has 3 rings (SSSR count). The third-order valence-corrected chi connectivity index (χ3v) is 3.17. The normalized spacial score (nSPS) is 15.8. The molecule has 7 nitrogen and oxygen atoms in total. The van der Waals surface area contributed by atoms with E-state index in [1.54, 1.807) is 25.1 Å². The van der Waals surface area contributed by atoms with Crippen LogP contribution >= 0.6 is 0 Å². The number of benzene rings is 1. The molecule has 1 aliphatic heterocycles. The highest BCUT2D eigenvalue weighted by Crippen LogP contribution is 2.26. The van der Waals surface area contributed by atoms with Crippen molar-refractivity contribution in [1.82, 2.24) is 0 Å². The first kappa shape index (κ1) is 13.7. The van der Waals surface area contributed by atoms with Crippen molar-refractivity contribution in [3.05, 3.63) is 69.3 Å². The van der Waals surface area contributed by atoms with Crippen LogP contribution in [-0.4, -0.2) is 16.8 Å². The van der Waals surface area contributed by atoms with Crippen LogP contribution in [0.15, 0.2) is 51.7 Å². The molecule has 0 unspecified atom stereocenters. The van der Waals surface area contributed by atoms with Crippen LogP contribution in [0.1, 0.15) is 16.9 Å². The lowest BCUT2D eigenvalue weighted by atomic mass is 10.1. The highest BCUT2D eigenvalue weighted by Gasteiger charge is 2.27. The van der Waals surface area contributed by atoms with Gasteiger partial charge in [-0.2, -0.15) is 0 Å². The van der Waals surface area contributed by atoms with Crippen molar-refractivity contribution in [3.8, 4) is 0 Å². The van der Waals surface area contributed by atoms with Crippen molar-refractivity contribution in [2.45, 2.75) is 6.92 Å². The number of carbonyl (C=O) groups is 1. The Kier molecular flexibility index (Phi) is 3.30. The van der Waals surface area contributed by atoms with Gasteiger partial charge in [0, 0.05) is 23.3 Å². The number of rotatable bonds is 3. The first-order chi connectivity index (χ1) is 10.6. The van der Waals surface area contributed by atoms with Crippen molar-refractivity contribution < 1.29 is 18.9 Å². The quantitative estimate of drug-likeness (QED) is 0.376. The minimum absolute atomic E-state index is 0.0454. The summed E-state index contributed by atoms with van der Waals surface area (Å²) >= 11 is 0. The lowest BCUT2D eigenvalue weighted by Gasteiger charge is -2.04. The zero-order valence-electron chi connectivity index (χ0n) is 11.5. The summed E-state index contributed by atoms with van der Waals surface area (Å²) in [5, 5.41) is 11.0. The second-order valence-electron chi connectivity index (χ2n) is 4.56. The number of aliphatic imine (C=N–C) groups is 1. The van der Waals surface area contributed by atoms with Crippen LogP contribution in [0.3, 0.4) is 0 Å². The van der Waals surface area contributed by atoms with Gasteiger partial charge < -0.3 is 9.15 Å². The van der Waals surface area contributed by atoms with Crippen molar-refractivity contribution in [2.24, 2.45) is 4.99 Å². The number of furan rings is 1. The molecule has 1 aromatic heterocycles. The summed E-state index contributed by atoms with van der Waals surface area (Å²) in [5.74, 6) is -0.117. The molecule has 110 valence electrons. The minimum Gasteiger partial charge on any atom is -0.465 e. The minimum atomic E-state index is -0.627. The van der Waals surface area contributed by atoms with E-state index in [4.69, 9.17) is 9.15 Å². The first-order valence-corrected chi connectivity index (χ1v) is 6.36. The molecule has 0 aliphatic carbocycles. The molecule has 2 aromatic rings. The monoisotopic (exact) mass is 298 g/mol. The van der Waals surface area contributed by atoms with Gasteiger partial charge in [0.05, 0.1) is 11.2 Å². The van der Waals surface area contributed by atoms with E-state index in [-0.39, 0.29) is 17.3 Å². The van der Waals surface area contributed by atoms with E-state index in [9.17, 15) is 14.9 Å². The van der Waals surface area contributed by atoms with Gasteiger partial charge in [-0.25, -0.2) is 9.79 Å². The largest absolute Gasteiger partial charge is 0.465 e. The third kappa shape index (κ3) is 2.39. The Bertz CT molecular complexity index is 818. The van der Waals surface area contributed by atoms with Crippen molar-refractivity contribution >= 4 is 23.6 Å². The maximum absolute atomic E-state index is 11.8. The summed E-state index contributed by atoms with van der Waals surface area (Å²) in [4.78, 5) is 26.4. The molecule has 0 saturated carbocycles. The van der Waals surface area contributed by atoms with Gasteiger partial charge in [-0.05, 0) is 25.1 Å². The predicted molar refractivity (Wildman–Crippen MR) is 77.1 cm³/mol. The van der Waals surface area contributed by atoms with Gasteiger partial charge in [0.1, 0.15) is 5.76 Å². The fourth-order valence-electron chi connectivity index (χ4n) is 2.09. The van der Waals surface area contributed by atoms with E-state index >= 15 is 0 Å². The Morgan fingerprint density at radius 2 is 2.09 bits per heavy atom. The molecule has 7 heteroatoms. The second-order valence-corrected chi connectivity index (χ2v) is 4.56. The van der Waals surface area contributed by atoms with Gasteiger partial charge in [-0.3, -0.25) is 10.1 Å². The SMILES string of the molecule is Cc1c(C2=NC(=Cc3ccco3)C(=O)O2)cccc1[N+](=O)[O-]. The van der Waals surface area contributed by atoms with Crippen LogP contribution in [-0.2, 0) is 9.53 Å². The summed E-state index contributed by atoms with van der Waals surface area (Å²) in [5.41, 5.74) is 0.819. The average Bonchev–Trinajstić information content (AvgIpc) is 3.10. The van der Waals surface area contributed by atoms with Crippen LogP contribution in [0.4, 0.5) is 5.69 Å². The number of hydrogen-bond donors (Lipinski definition) is 0. The Morgan fingerprint density at radius 3 is 2.77 bits per heavy atom. The maximum atomic E-state index is 11.8. The molecule has 0 bridgehead atoms. The number of nitro groups is 1. The van der Waals surface area contributed by atoms with Crippen LogP contribution in [0.2, 0.25) is 0 Å². The lowest BCUT2D eigenvalue weighted by Crippen LogP contribution is -2.08. The number of nitro benzene ring substituents is 1. The molecule has 1 aromatic carbocycles. The van der Waals surface area contributed by atoms with E-state index in [1.165, 1.54) is 24.5 Å². The van der Waals surface area contributed by atoms with Crippen molar-refractivity contribution in [1.29, 1.82) is 0 Å². The Hall–Kier alpha value is -3.22. The van der Waals surface area contributed by atoms with Gasteiger partial charge in [-0.1, -0.05) is 6.07 Å². The molecule has 2 heterocycles. The van der Waals surface area contributed by atoms with Crippen molar-refractivity contribution in [3.63, 3.8) is 0 Å². The Balaban J connectivity index is 2.02. The van der Waals surface area contributed by atoms with Gasteiger partial charge in [0.25, 0.3) is 5.69 Å². The summed E-state index contributed by atoms with van der Waals surface area (Å²) in [6, 6.07) is 7.87. The molecule has 0 atom stereocenters. The highest BCUT2D eigenvalue weighted by molar-refractivity contribution is 6.13. The fourth-order valence-corrected chi connectivity index (χ4v) is 2.09. The van der Waals surface area contributed by atoms with Gasteiger partial charge in [-0.15, -0.1) is 0 Å². The molecule has 0 fully saturated rings. The third-order valence-electron chi connectivity index (χ3n) is 3.17. The topological polar surface area (TPSA) is 94.9 Å². The van der Waals surface area contributed by atoms with Gasteiger partial charge in [0.15, 0.2) is 5.70 Å². The number of ether oxygens (including phenoxy) is 1. The number of nitrogens with zero attached hydrogens (tertiary/aromatic N) is 2. The molecular formula is C15H10N2O5. The number of esters is 1. The highest BCUT2D eigenvalue weighted by atomic mass is 16.6. The van der Waals surface area contributed by atoms with Crippen LogP contribution in [0.5, 0.6) is 0 Å². The second kappa shape index (κ2) is 5.28. The number of cyclic esters (lactones) is 1. The molecule has 22 heavy (non-hydrogen) atoms. The summed E-state index contributed by atoms with van der Waals surface area (Å²) in [6.45, 7) is 1.58. The maximum Gasteiger partial charge on any atom is 0.363 e. The number of hydrogen-bond acceptors (Lipinski definition) is 6. The van der Waals surface area contributed by atoms with E-state index in [0.717, 1.165) is 0 Å². The molecule has 0 saturated heterocycles. The first-order valence-electron chi connectivity index (χ1n) is 6.36. The van der Waals surface area contributed by atoms with Crippen LogP contribution in [0, 0.1) is 17.0 Å². The Labute approximate surface area is 124 Å². The molecule has 0 radical (unpaired) electrons. The fraction of sp³-hybridized carbons (Fsp3) is 0.0667. The van der Waals surface area contributed by atoms with Crippen LogP contribution in [0.25, 0.3) is 6.08 Å². The van der Waals surface area contributed by atoms with E-state index < -0.39 is 10.9 Å². The average molecular weight is 298 g/mol. The zero-order valence-corrected chi connectivity index (χ0v) is 11.5. The molecular weight excluding hydrogens is 288 g/mol. The van der Waals surface area contributed by atoms with E-state index in [0.29, 0.717) is 16.9 Å². The lowest BCUT2D eigenvalue weighted by molar-refractivity contribution is -0.385. The molecule has 0 amide bonds. The van der Waals surface area contributed by atoms with E-state index in [2.05, 4.69) is 4.99 Å². The summed E-state index contributed by atoms with van der Waals surface area (Å²) in [7, 11) is 0.